The predicted molar refractivity (Wildman–Crippen MR) is 102 cm³/mol. The summed E-state index contributed by atoms with van der Waals surface area (Å²) in [6.07, 6.45) is 5.49. The number of hydrogen-bond acceptors (Lipinski definition) is 6. The van der Waals surface area contributed by atoms with Crippen LogP contribution in [0.25, 0.3) is 0 Å². The molecule has 148 valence electrons. The number of nitrogens with zero attached hydrogens (tertiary/aromatic N) is 4. The number of piperidine rings is 1. The summed E-state index contributed by atoms with van der Waals surface area (Å²) in [5, 5.41) is 3.43. The van der Waals surface area contributed by atoms with E-state index < -0.39 is 0 Å². The van der Waals surface area contributed by atoms with E-state index >= 15 is 0 Å². The van der Waals surface area contributed by atoms with Gasteiger partial charge in [0.15, 0.2) is 0 Å². The van der Waals surface area contributed by atoms with Crippen LogP contribution < -0.4 is 5.32 Å². The highest BCUT2D eigenvalue weighted by atomic mass is 16.5. The zero-order chi connectivity index (χ0) is 18.8. The standard InChI is InChI=1S/C20H31N5O2/c1-14-10-24(11-15(2)27-14)13-19(26)25-7-5-18-17(12-25)9-22-20(23-18)16-4-3-6-21-8-16/h9,14-16,21H,3-8,10-13H2,1-2H3/t14-,15-,16+/m1/s1. The highest BCUT2D eigenvalue weighted by molar-refractivity contribution is 5.78. The average Bonchev–Trinajstić information content (AvgIpc) is 2.67. The Morgan fingerprint density at radius 2 is 2.15 bits per heavy atom. The smallest absolute Gasteiger partial charge is 0.237 e. The summed E-state index contributed by atoms with van der Waals surface area (Å²) in [4.78, 5) is 26.4. The summed E-state index contributed by atoms with van der Waals surface area (Å²) in [7, 11) is 0. The molecule has 0 unspecified atom stereocenters. The van der Waals surface area contributed by atoms with Gasteiger partial charge in [0.05, 0.1) is 24.4 Å². The first-order chi connectivity index (χ1) is 13.1. The molecule has 7 nitrogen and oxygen atoms in total. The van der Waals surface area contributed by atoms with Crippen LogP contribution >= 0.6 is 0 Å². The van der Waals surface area contributed by atoms with Crippen LogP contribution in [0.1, 0.15) is 49.7 Å². The van der Waals surface area contributed by atoms with Gasteiger partial charge in [-0.1, -0.05) is 0 Å². The van der Waals surface area contributed by atoms with Crippen LogP contribution in [-0.2, 0) is 22.5 Å². The molecule has 3 atom stereocenters. The van der Waals surface area contributed by atoms with E-state index in [0.29, 0.717) is 19.0 Å². The molecule has 3 aliphatic rings. The number of ether oxygens (including phenoxy) is 1. The van der Waals surface area contributed by atoms with E-state index in [1.165, 1.54) is 6.42 Å². The van der Waals surface area contributed by atoms with Gasteiger partial charge in [0.1, 0.15) is 5.82 Å². The van der Waals surface area contributed by atoms with Crippen molar-refractivity contribution in [3.8, 4) is 0 Å². The third-order valence-electron chi connectivity index (χ3n) is 5.82. The molecule has 0 saturated carbocycles. The lowest BCUT2D eigenvalue weighted by Gasteiger charge is -2.36. The predicted octanol–water partition coefficient (Wildman–Crippen LogP) is 0.938. The molecule has 1 aromatic heterocycles. The number of carbonyl (C=O) groups excluding carboxylic acids is 1. The highest BCUT2D eigenvalue weighted by Gasteiger charge is 2.28. The first-order valence-electron chi connectivity index (χ1n) is 10.3. The largest absolute Gasteiger partial charge is 0.373 e. The Morgan fingerprint density at radius 1 is 1.33 bits per heavy atom. The van der Waals surface area contributed by atoms with Crippen molar-refractivity contribution < 1.29 is 9.53 Å². The third kappa shape index (κ3) is 4.47. The Labute approximate surface area is 161 Å². The van der Waals surface area contributed by atoms with Gasteiger partial charge >= 0.3 is 0 Å². The second kappa shape index (κ2) is 8.20. The first kappa shape index (κ1) is 18.8. The number of carbonyl (C=O) groups is 1. The van der Waals surface area contributed by atoms with Gasteiger partial charge < -0.3 is 15.0 Å². The second-order valence-electron chi connectivity index (χ2n) is 8.26. The topological polar surface area (TPSA) is 70.6 Å². The van der Waals surface area contributed by atoms with Crippen LogP contribution in [-0.4, -0.2) is 77.2 Å². The molecule has 0 bridgehead atoms. The molecule has 0 radical (unpaired) electrons. The van der Waals surface area contributed by atoms with Crippen LogP contribution in [0.4, 0.5) is 0 Å². The van der Waals surface area contributed by atoms with E-state index in [1.807, 2.05) is 11.1 Å². The van der Waals surface area contributed by atoms with Crippen LogP contribution in [0.5, 0.6) is 0 Å². The zero-order valence-corrected chi connectivity index (χ0v) is 16.5. The van der Waals surface area contributed by atoms with Gasteiger partial charge in [0, 0.05) is 56.8 Å². The van der Waals surface area contributed by atoms with Crippen molar-refractivity contribution in [2.24, 2.45) is 0 Å². The number of morpholine rings is 1. The lowest BCUT2D eigenvalue weighted by Crippen LogP contribution is -2.50. The van der Waals surface area contributed by atoms with E-state index in [2.05, 4.69) is 29.0 Å². The minimum Gasteiger partial charge on any atom is -0.373 e. The number of aromatic nitrogens is 2. The van der Waals surface area contributed by atoms with Crippen LogP contribution in [0.15, 0.2) is 6.20 Å². The lowest BCUT2D eigenvalue weighted by molar-refractivity contribution is -0.136. The molecule has 0 aromatic carbocycles. The van der Waals surface area contributed by atoms with Crippen molar-refractivity contribution in [3.05, 3.63) is 23.3 Å². The van der Waals surface area contributed by atoms with E-state index in [4.69, 9.17) is 9.72 Å². The van der Waals surface area contributed by atoms with Crippen LogP contribution in [0, 0.1) is 0 Å². The monoisotopic (exact) mass is 373 g/mol. The normalized spacial score (nSPS) is 29.4. The van der Waals surface area contributed by atoms with Gasteiger partial charge in [0.2, 0.25) is 5.91 Å². The third-order valence-corrected chi connectivity index (χ3v) is 5.82. The van der Waals surface area contributed by atoms with E-state index in [9.17, 15) is 4.79 Å². The second-order valence-corrected chi connectivity index (χ2v) is 8.26. The van der Waals surface area contributed by atoms with Crippen LogP contribution in [0.2, 0.25) is 0 Å². The van der Waals surface area contributed by atoms with E-state index in [0.717, 1.165) is 62.6 Å². The molecule has 1 amide bonds. The van der Waals surface area contributed by atoms with Gasteiger partial charge in [-0.2, -0.15) is 0 Å². The molecule has 0 spiro atoms. The summed E-state index contributed by atoms with van der Waals surface area (Å²) in [6, 6.07) is 0. The molecule has 4 rings (SSSR count). The van der Waals surface area contributed by atoms with Crippen molar-refractivity contribution in [3.63, 3.8) is 0 Å². The molecule has 1 aromatic rings. The van der Waals surface area contributed by atoms with Crippen molar-refractivity contribution in [1.82, 2.24) is 25.1 Å². The van der Waals surface area contributed by atoms with Gasteiger partial charge in [-0.15, -0.1) is 0 Å². The fraction of sp³-hybridized carbons (Fsp3) is 0.750. The molecule has 7 heteroatoms. The molecule has 27 heavy (non-hydrogen) atoms. The SMILES string of the molecule is C[C@@H]1CN(CC(=O)N2CCc3nc([C@H]4CCCNC4)ncc3C2)C[C@@H](C)O1. The molecule has 1 N–H and O–H groups in total. The molecular weight excluding hydrogens is 342 g/mol. The minimum atomic E-state index is 0.185. The van der Waals surface area contributed by atoms with Gasteiger partial charge in [-0.3, -0.25) is 9.69 Å². The Kier molecular flexibility index (Phi) is 5.71. The fourth-order valence-corrected chi connectivity index (χ4v) is 4.52. The number of rotatable bonds is 3. The first-order valence-corrected chi connectivity index (χ1v) is 10.3. The summed E-state index contributed by atoms with van der Waals surface area (Å²) >= 11 is 0. The van der Waals surface area contributed by atoms with E-state index in [-0.39, 0.29) is 18.1 Å². The zero-order valence-electron chi connectivity index (χ0n) is 16.5. The molecular formula is C20H31N5O2. The minimum absolute atomic E-state index is 0.185. The quantitative estimate of drug-likeness (QED) is 0.850. The number of hydrogen-bond donors (Lipinski definition) is 1. The Hall–Kier alpha value is -1.57. The average molecular weight is 374 g/mol. The molecule has 2 saturated heterocycles. The van der Waals surface area contributed by atoms with E-state index in [1.54, 1.807) is 0 Å². The number of nitrogens with one attached hydrogen (secondary N) is 1. The van der Waals surface area contributed by atoms with Crippen molar-refractivity contribution in [1.29, 1.82) is 0 Å². The number of amides is 1. The maximum atomic E-state index is 12.8. The number of fused-ring (bicyclic) bond motifs is 1. The fourth-order valence-electron chi connectivity index (χ4n) is 4.52. The van der Waals surface area contributed by atoms with Crippen molar-refractivity contribution in [2.45, 2.75) is 57.8 Å². The molecule has 0 aliphatic carbocycles. The summed E-state index contributed by atoms with van der Waals surface area (Å²) in [5.74, 6) is 1.59. The summed E-state index contributed by atoms with van der Waals surface area (Å²) in [5.41, 5.74) is 2.23. The van der Waals surface area contributed by atoms with Crippen LogP contribution in [0.3, 0.4) is 0 Å². The Bertz CT molecular complexity index is 666. The van der Waals surface area contributed by atoms with Crippen molar-refractivity contribution >= 4 is 5.91 Å². The maximum absolute atomic E-state index is 12.8. The van der Waals surface area contributed by atoms with Gasteiger partial charge in [-0.05, 0) is 33.2 Å². The van der Waals surface area contributed by atoms with Crippen molar-refractivity contribution in [2.75, 3.05) is 39.3 Å². The van der Waals surface area contributed by atoms with Gasteiger partial charge in [0.25, 0.3) is 0 Å². The maximum Gasteiger partial charge on any atom is 0.237 e. The molecule has 2 fully saturated rings. The molecule has 4 heterocycles. The molecule has 3 aliphatic heterocycles. The summed E-state index contributed by atoms with van der Waals surface area (Å²) < 4.78 is 5.76. The van der Waals surface area contributed by atoms with Gasteiger partial charge in [-0.25, -0.2) is 9.97 Å². The Balaban J connectivity index is 1.37. The highest BCUT2D eigenvalue weighted by Crippen LogP contribution is 2.23. The Morgan fingerprint density at radius 3 is 2.89 bits per heavy atom. The summed E-state index contributed by atoms with van der Waals surface area (Å²) in [6.45, 7) is 9.71. The lowest BCUT2D eigenvalue weighted by atomic mass is 9.98.